The minimum atomic E-state index is -3.84. The fraction of sp³-hybridized carbons (Fsp3) is 0.273. The Hall–Kier alpha value is -3.18. The van der Waals surface area contributed by atoms with Gasteiger partial charge in [0.25, 0.3) is 0 Å². The van der Waals surface area contributed by atoms with Crippen molar-refractivity contribution >= 4 is 57.7 Å². The quantitative estimate of drug-likeness (QED) is 0.430. The number of benzene rings is 2. The van der Waals surface area contributed by atoms with E-state index < -0.39 is 22.7 Å². The number of rotatable bonds is 7. The third kappa shape index (κ3) is 6.67. The van der Waals surface area contributed by atoms with Gasteiger partial charge in [-0.25, -0.2) is 9.79 Å². The lowest BCUT2D eigenvalue weighted by Gasteiger charge is -2.30. The van der Waals surface area contributed by atoms with Gasteiger partial charge in [-0.3, -0.25) is 14.5 Å². The van der Waals surface area contributed by atoms with E-state index in [1.165, 1.54) is 48.4 Å². The molecule has 0 radical (unpaired) electrons. The molecule has 2 amide bonds. The molecule has 1 heterocycles. The van der Waals surface area contributed by atoms with Crippen LogP contribution >= 0.6 is 23.4 Å². The zero-order chi connectivity index (χ0) is 24.9. The second kappa shape index (κ2) is 10.8. The molecule has 0 saturated carbocycles. The maximum absolute atomic E-state index is 12.8. The first-order valence-corrected chi connectivity index (χ1v) is 11.3. The number of thioether (sulfide) groups is 1. The van der Waals surface area contributed by atoms with Crippen molar-refractivity contribution in [3.05, 3.63) is 54.1 Å². The van der Waals surface area contributed by atoms with Crippen molar-refractivity contribution in [2.24, 2.45) is 4.99 Å². The second-order valence-electron chi connectivity index (χ2n) is 6.94. The number of alkyl halides is 3. The van der Waals surface area contributed by atoms with E-state index in [4.69, 9.17) is 11.6 Å². The number of ether oxygens (including phenoxy) is 2. The lowest BCUT2D eigenvalue weighted by molar-refractivity contribution is -0.129. The number of amides is 2. The number of hydrogen-bond acceptors (Lipinski definition) is 7. The first-order valence-electron chi connectivity index (χ1n) is 10.0. The molecule has 0 unspecified atom stereocenters. The van der Waals surface area contributed by atoms with Crippen LogP contribution in [0.3, 0.4) is 0 Å². The molecule has 3 rings (SSSR count). The van der Waals surface area contributed by atoms with E-state index >= 15 is 0 Å². The van der Waals surface area contributed by atoms with Crippen LogP contribution in [0.15, 0.2) is 53.5 Å². The fourth-order valence-electron chi connectivity index (χ4n) is 3.02. The molecule has 1 N–H and O–H groups in total. The number of esters is 1. The Morgan fingerprint density at radius 1 is 1.21 bits per heavy atom. The summed E-state index contributed by atoms with van der Waals surface area (Å²) < 4.78 is 34.5. The Labute approximate surface area is 203 Å². The molecule has 12 heteroatoms. The lowest BCUT2D eigenvalue weighted by Crippen LogP contribution is -2.45. The maximum Gasteiger partial charge on any atom is 0.487 e. The average Bonchev–Trinajstić information content (AvgIpc) is 2.79. The standard InChI is InChI=1S/C22H20ClF2N3O5S/c1-3-28-18(29)12-17(19(30)26-14-6-4-13(5-7-14)20(31)32-2)34-21(28)27-15-8-10-16(11-9-15)33-22(23,24)25/h4-11,17H,3,12H2,1-2H3,(H,26,30)/t17-/m1/s1. The van der Waals surface area contributed by atoms with Crippen LogP contribution in [-0.2, 0) is 14.3 Å². The molecule has 1 fully saturated rings. The number of amidine groups is 1. The van der Waals surface area contributed by atoms with E-state index in [-0.39, 0.29) is 18.1 Å². The Bertz CT molecular complexity index is 1090. The Morgan fingerprint density at radius 2 is 1.85 bits per heavy atom. The van der Waals surface area contributed by atoms with Gasteiger partial charge in [0.15, 0.2) is 5.17 Å². The zero-order valence-corrected chi connectivity index (χ0v) is 19.7. The number of halogens is 3. The smallest absolute Gasteiger partial charge is 0.465 e. The molecule has 34 heavy (non-hydrogen) atoms. The van der Waals surface area contributed by atoms with Crippen molar-refractivity contribution in [1.82, 2.24) is 4.90 Å². The van der Waals surface area contributed by atoms with Gasteiger partial charge in [-0.2, -0.15) is 0 Å². The Kier molecular flexibility index (Phi) is 8.11. The minimum absolute atomic E-state index is 0.0266. The van der Waals surface area contributed by atoms with Gasteiger partial charge in [-0.15, -0.1) is 8.78 Å². The highest BCUT2D eigenvalue weighted by Crippen LogP contribution is 2.31. The molecule has 1 aliphatic rings. The molecule has 180 valence electrons. The molecule has 1 saturated heterocycles. The molecule has 0 spiro atoms. The number of nitrogens with zero attached hydrogens (tertiary/aromatic N) is 2. The lowest BCUT2D eigenvalue weighted by atomic mass is 10.2. The van der Waals surface area contributed by atoms with Gasteiger partial charge in [0, 0.05) is 30.3 Å². The van der Waals surface area contributed by atoms with Crippen molar-refractivity contribution in [1.29, 1.82) is 0 Å². The second-order valence-corrected chi connectivity index (χ2v) is 8.55. The summed E-state index contributed by atoms with van der Waals surface area (Å²) in [4.78, 5) is 42.8. The van der Waals surface area contributed by atoms with Gasteiger partial charge in [-0.1, -0.05) is 11.8 Å². The predicted octanol–water partition coefficient (Wildman–Crippen LogP) is 4.62. The van der Waals surface area contributed by atoms with Crippen molar-refractivity contribution in [3.63, 3.8) is 0 Å². The molecular formula is C22H20ClF2N3O5S. The number of nitrogens with one attached hydrogen (secondary N) is 1. The third-order valence-corrected chi connectivity index (χ3v) is 5.88. The van der Waals surface area contributed by atoms with E-state index in [1.807, 2.05) is 0 Å². The van der Waals surface area contributed by atoms with Crippen molar-refractivity contribution in [2.45, 2.75) is 24.2 Å². The van der Waals surface area contributed by atoms with Gasteiger partial charge in [0.1, 0.15) is 11.0 Å². The number of carbonyl (C=O) groups excluding carboxylic acids is 3. The van der Waals surface area contributed by atoms with Gasteiger partial charge in [-0.05, 0) is 55.5 Å². The first kappa shape index (κ1) is 25.4. The summed E-state index contributed by atoms with van der Waals surface area (Å²) in [6.45, 7) is 2.12. The number of aliphatic imine (C=N–C) groups is 1. The highest BCUT2D eigenvalue weighted by molar-refractivity contribution is 8.15. The molecule has 2 aromatic carbocycles. The van der Waals surface area contributed by atoms with Crippen LogP contribution in [0, 0.1) is 0 Å². The third-order valence-electron chi connectivity index (χ3n) is 4.62. The maximum atomic E-state index is 12.8. The first-order chi connectivity index (χ1) is 16.1. The number of methoxy groups -OCH3 is 1. The van der Waals surface area contributed by atoms with Crippen molar-refractivity contribution < 1.29 is 32.6 Å². The average molecular weight is 512 g/mol. The summed E-state index contributed by atoms with van der Waals surface area (Å²) in [5.74, 6) is -1.33. The van der Waals surface area contributed by atoms with E-state index in [1.54, 1.807) is 19.1 Å². The summed E-state index contributed by atoms with van der Waals surface area (Å²) in [6, 6.07) is 11.5. The summed E-state index contributed by atoms with van der Waals surface area (Å²) >= 11 is 5.87. The SMILES string of the molecule is CCN1C(=O)C[C@H](C(=O)Nc2ccc(C(=O)OC)cc2)SC1=Nc1ccc(OC(F)(F)Cl)cc1. The molecule has 2 aromatic rings. The van der Waals surface area contributed by atoms with Crippen LogP contribution in [0.25, 0.3) is 0 Å². The predicted molar refractivity (Wildman–Crippen MR) is 125 cm³/mol. The Balaban J connectivity index is 1.74. The molecule has 8 nitrogen and oxygen atoms in total. The highest BCUT2D eigenvalue weighted by Gasteiger charge is 2.35. The number of anilines is 1. The molecule has 0 aliphatic carbocycles. The highest BCUT2D eigenvalue weighted by atomic mass is 35.5. The summed E-state index contributed by atoms with van der Waals surface area (Å²) in [7, 11) is 1.27. The molecule has 1 atom stereocenters. The van der Waals surface area contributed by atoms with Crippen molar-refractivity contribution in [2.75, 3.05) is 19.0 Å². The molecular weight excluding hydrogens is 492 g/mol. The fourth-order valence-corrected chi connectivity index (χ4v) is 4.27. The number of carbonyl (C=O) groups is 3. The molecule has 1 aliphatic heterocycles. The van der Waals surface area contributed by atoms with Crippen LogP contribution in [0.1, 0.15) is 23.7 Å². The zero-order valence-electron chi connectivity index (χ0n) is 18.1. The topological polar surface area (TPSA) is 97.3 Å². The van der Waals surface area contributed by atoms with Gasteiger partial charge in [0.2, 0.25) is 11.8 Å². The summed E-state index contributed by atoms with van der Waals surface area (Å²) in [5, 5.41) is 2.28. The van der Waals surface area contributed by atoms with Crippen LogP contribution < -0.4 is 10.1 Å². The Morgan fingerprint density at radius 3 is 2.41 bits per heavy atom. The van der Waals surface area contributed by atoms with E-state index in [0.29, 0.717) is 28.7 Å². The largest absolute Gasteiger partial charge is 0.487 e. The number of hydrogen-bond donors (Lipinski definition) is 1. The van der Waals surface area contributed by atoms with Gasteiger partial charge >= 0.3 is 11.5 Å². The van der Waals surface area contributed by atoms with Crippen molar-refractivity contribution in [3.8, 4) is 5.75 Å². The van der Waals surface area contributed by atoms with Gasteiger partial charge in [0.05, 0.1) is 18.4 Å². The monoisotopic (exact) mass is 511 g/mol. The minimum Gasteiger partial charge on any atom is -0.465 e. The normalized spacial score (nSPS) is 17.4. The van der Waals surface area contributed by atoms with Crippen LogP contribution in [-0.4, -0.2) is 52.3 Å². The van der Waals surface area contributed by atoms with Gasteiger partial charge < -0.3 is 14.8 Å². The van der Waals surface area contributed by atoms with Crippen LogP contribution in [0.2, 0.25) is 0 Å². The summed E-state index contributed by atoms with van der Waals surface area (Å²) in [6.07, 6.45) is -0.0266. The molecule has 0 bridgehead atoms. The van der Waals surface area contributed by atoms with E-state index in [2.05, 4.69) is 19.8 Å². The van der Waals surface area contributed by atoms with E-state index in [0.717, 1.165) is 11.8 Å². The summed E-state index contributed by atoms with van der Waals surface area (Å²) in [5.41, 5.74) is -2.67. The van der Waals surface area contributed by atoms with E-state index in [9.17, 15) is 23.2 Å². The van der Waals surface area contributed by atoms with Crippen LogP contribution in [0.5, 0.6) is 5.75 Å². The van der Waals surface area contributed by atoms with Crippen LogP contribution in [0.4, 0.5) is 20.2 Å². The molecule has 0 aromatic heterocycles.